The summed E-state index contributed by atoms with van der Waals surface area (Å²) in [6.45, 7) is 6.45. The summed E-state index contributed by atoms with van der Waals surface area (Å²) >= 11 is 0. The molecule has 104 valence electrons. The highest BCUT2D eigenvalue weighted by Gasteiger charge is 2.20. The summed E-state index contributed by atoms with van der Waals surface area (Å²) in [7, 11) is 0. The molecule has 1 fully saturated rings. The number of rotatable bonds is 5. The molecular weight excluding hydrogens is 238 g/mol. The SMILES string of the molecule is CC(C)C(CC(=O)O)c1ccc(N2CCCC2)cc1. The van der Waals surface area contributed by atoms with E-state index >= 15 is 0 Å². The summed E-state index contributed by atoms with van der Waals surface area (Å²) in [5.74, 6) is -0.277. The highest BCUT2D eigenvalue weighted by molar-refractivity contribution is 5.68. The third-order valence-corrected chi connectivity index (χ3v) is 3.99. The number of carboxylic acids is 1. The van der Waals surface area contributed by atoms with Crippen molar-refractivity contribution in [3.05, 3.63) is 29.8 Å². The normalized spacial score (nSPS) is 16.9. The van der Waals surface area contributed by atoms with Crippen molar-refractivity contribution >= 4 is 11.7 Å². The first kappa shape index (κ1) is 13.9. The molecule has 1 aliphatic heterocycles. The molecule has 1 aromatic rings. The highest BCUT2D eigenvalue weighted by Crippen LogP contribution is 2.30. The average Bonchev–Trinajstić information content (AvgIpc) is 2.89. The van der Waals surface area contributed by atoms with Gasteiger partial charge in [-0.3, -0.25) is 4.79 Å². The van der Waals surface area contributed by atoms with Gasteiger partial charge in [-0.2, -0.15) is 0 Å². The Balaban J connectivity index is 2.12. The van der Waals surface area contributed by atoms with Gasteiger partial charge in [-0.15, -0.1) is 0 Å². The lowest BCUT2D eigenvalue weighted by molar-refractivity contribution is -0.137. The van der Waals surface area contributed by atoms with E-state index in [0.717, 1.165) is 18.7 Å². The number of hydrogen-bond acceptors (Lipinski definition) is 2. The molecule has 19 heavy (non-hydrogen) atoms. The van der Waals surface area contributed by atoms with Gasteiger partial charge in [0.2, 0.25) is 0 Å². The summed E-state index contributed by atoms with van der Waals surface area (Å²) in [6, 6.07) is 8.47. The molecule has 1 aliphatic rings. The second-order valence-electron chi connectivity index (χ2n) is 5.73. The number of carboxylic acid groups (broad SMARTS) is 1. The van der Waals surface area contributed by atoms with Crippen LogP contribution in [0.3, 0.4) is 0 Å². The molecule has 1 aromatic carbocycles. The number of anilines is 1. The molecule has 2 rings (SSSR count). The minimum absolute atomic E-state index is 0.102. The van der Waals surface area contributed by atoms with E-state index in [2.05, 4.69) is 43.0 Å². The first-order valence-corrected chi connectivity index (χ1v) is 7.14. The van der Waals surface area contributed by atoms with Crippen LogP contribution in [0.25, 0.3) is 0 Å². The molecule has 0 aromatic heterocycles. The number of carbonyl (C=O) groups is 1. The molecule has 1 unspecified atom stereocenters. The topological polar surface area (TPSA) is 40.5 Å². The minimum atomic E-state index is -0.720. The van der Waals surface area contributed by atoms with Gasteiger partial charge in [-0.05, 0) is 42.4 Å². The van der Waals surface area contributed by atoms with Crippen molar-refractivity contribution in [3.8, 4) is 0 Å². The first-order chi connectivity index (χ1) is 9.08. The Morgan fingerprint density at radius 3 is 2.26 bits per heavy atom. The highest BCUT2D eigenvalue weighted by atomic mass is 16.4. The average molecular weight is 261 g/mol. The van der Waals surface area contributed by atoms with Gasteiger partial charge in [0.1, 0.15) is 0 Å². The molecule has 0 aliphatic carbocycles. The Bertz CT molecular complexity index is 419. The second kappa shape index (κ2) is 6.09. The Morgan fingerprint density at radius 2 is 1.79 bits per heavy atom. The predicted molar refractivity (Wildman–Crippen MR) is 77.7 cm³/mol. The molecule has 0 spiro atoms. The van der Waals surface area contributed by atoms with Gasteiger partial charge in [0.25, 0.3) is 0 Å². The van der Waals surface area contributed by atoms with Gasteiger partial charge in [0, 0.05) is 18.8 Å². The van der Waals surface area contributed by atoms with Crippen molar-refractivity contribution < 1.29 is 9.90 Å². The predicted octanol–water partition coefficient (Wildman–Crippen LogP) is 3.50. The molecule has 1 heterocycles. The van der Waals surface area contributed by atoms with E-state index in [1.807, 2.05) is 0 Å². The van der Waals surface area contributed by atoms with Crippen LogP contribution >= 0.6 is 0 Å². The van der Waals surface area contributed by atoms with Crippen molar-refractivity contribution in [2.24, 2.45) is 5.92 Å². The third kappa shape index (κ3) is 3.49. The van der Waals surface area contributed by atoms with E-state index in [-0.39, 0.29) is 12.3 Å². The fraction of sp³-hybridized carbons (Fsp3) is 0.562. The van der Waals surface area contributed by atoms with Crippen LogP contribution in [0.15, 0.2) is 24.3 Å². The summed E-state index contributed by atoms with van der Waals surface area (Å²) < 4.78 is 0. The van der Waals surface area contributed by atoms with E-state index in [1.165, 1.54) is 18.5 Å². The molecule has 0 saturated carbocycles. The van der Waals surface area contributed by atoms with Crippen LogP contribution in [0, 0.1) is 5.92 Å². The number of nitrogens with zero attached hydrogens (tertiary/aromatic N) is 1. The van der Waals surface area contributed by atoms with Gasteiger partial charge in [-0.1, -0.05) is 26.0 Å². The minimum Gasteiger partial charge on any atom is -0.481 e. The zero-order chi connectivity index (χ0) is 13.8. The van der Waals surface area contributed by atoms with Crippen LogP contribution < -0.4 is 4.90 Å². The second-order valence-corrected chi connectivity index (χ2v) is 5.73. The van der Waals surface area contributed by atoms with Crippen LogP contribution in [0.4, 0.5) is 5.69 Å². The lowest BCUT2D eigenvalue weighted by Crippen LogP contribution is -2.17. The van der Waals surface area contributed by atoms with Gasteiger partial charge >= 0.3 is 5.97 Å². The van der Waals surface area contributed by atoms with Crippen molar-refractivity contribution in [2.75, 3.05) is 18.0 Å². The fourth-order valence-corrected chi connectivity index (χ4v) is 2.83. The molecule has 0 bridgehead atoms. The third-order valence-electron chi connectivity index (χ3n) is 3.99. The molecule has 1 N–H and O–H groups in total. The molecule has 3 heteroatoms. The summed E-state index contributed by atoms with van der Waals surface area (Å²) in [4.78, 5) is 13.3. The Labute approximate surface area is 115 Å². The largest absolute Gasteiger partial charge is 0.481 e. The zero-order valence-corrected chi connectivity index (χ0v) is 11.8. The zero-order valence-electron chi connectivity index (χ0n) is 11.8. The van der Waals surface area contributed by atoms with Crippen LogP contribution in [0.5, 0.6) is 0 Å². The Morgan fingerprint density at radius 1 is 1.21 bits per heavy atom. The van der Waals surface area contributed by atoms with Crippen molar-refractivity contribution in [1.82, 2.24) is 0 Å². The van der Waals surface area contributed by atoms with Crippen LogP contribution in [0.2, 0.25) is 0 Å². The first-order valence-electron chi connectivity index (χ1n) is 7.14. The number of hydrogen-bond donors (Lipinski definition) is 1. The fourth-order valence-electron chi connectivity index (χ4n) is 2.83. The van der Waals surface area contributed by atoms with E-state index in [4.69, 9.17) is 5.11 Å². The van der Waals surface area contributed by atoms with E-state index in [0.29, 0.717) is 5.92 Å². The summed E-state index contributed by atoms with van der Waals surface area (Å²) in [5, 5.41) is 9.01. The lowest BCUT2D eigenvalue weighted by Gasteiger charge is -2.22. The van der Waals surface area contributed by atoms with Crippen molar-refractivity contribution in [1.29, 1.82) is 0 Å². The lowest BCUT2D eigenvalue weighted by atomic mass is 9.86. The molecule has 1 saturated heterocycles. The van der Waals surface area contributed by atoms with Gasteiger partial charge in [0.15, 0.2) is 0 Å². The van der Waals surface area contributed by atoms with Gasteiger partial charge in [0.05, 0.1) is 6.42 Å². The van der Waals surface area contributed by atoms with Gasteiger partial charge in [-0.25, -0.2) is 0 Å². The van der Waals surface area contributed by atoms with Crippen LogP contribution in [0.1, 0.15) is 44.6 Å². The van der Waals surface area contributed by atoms with E-state index in [9.17, 15) is 4.79 Å². The summed E-state index contributed by atoms with van der Waals surface area (Å²) in [6.07, 6.45) is 2.76. The maximum atomic E-state index is 11.0. The Kier molecular flexibility index (Phi) is 4.46. The summed E-state index contributed by atoms with van der Waals surface area (Å²) in [5.41, 5.74) is 2.40. The molecule has 0 amide bonds. The monoisotopic (exact) mass is 261 g/mol. The molecule has 0 radical (unpaired) electrons. The van der Waals surface area contributed by atoms with Crippen LogP contribution in [-0.4, -0.2) is 24.2 Å². The van der Waals surface area contributed by atoms with E-state index in [1.54, 1.807) is 0 Å². The maximum absolute atomic E-state index is 11.0. The molecule has 1 atom stereocenters. The quantitative estimate of drug-likeness (QED) is 0.882. The molecule has 3 nitrogen and oxygen atoms in total. The van der Waals surface area contributed by atoms with Gasteiger partial charge < -0.3 is 10.0 Å². The maximum Gasteiger partial charge on any atom is 0.303 e. The van der Waals surface area contributed by atoms with Crippen LogP contribution in [-0.2, 0) is 4.79 Å². The van der Waals surface area contributed by atoms with Crippen molar-refractivity contribution in [2.45, 2.75) is 39.0 Å². The van der Waals surface area contributed by atoms with Crippen molar-refractivity contribution in [3.63, 3.8) is 0 Å². The van der Waals surface area contributed by atoms with E-state index < -0.39 is 5.97 Å². The number of benzene rings is 1. The molecular formula is C16H23NO2. The number of aliphatic carboxylic acids is 1. The Hall–Kier alpha value is -1.51. The smallest absolute Gasteiger partial charge is 0.303 e. The standard InChI is InChI=1S/C16H23NO2/c1-12(2)15(11-16(18)19)13-5-7-14(8-6-13)17-9-3-4-10-17/h5-8,12,15H,3-4,9-11H2,1-2H3,(H,18,19).